The molecule has 0 amide bonds. The number of nitrogens with zero attached hydrogens (tertiary/aromatic N) is 2. The number of ketones is 1. The van der Waals surface area contributed by atoms with E-state index >= 15 is 0 Å². The number of likely N-dealkylation sites (N-methyl/N-ethyl adjacent to an activating group) is 1. The van der Waals surface area contributed by atoms with Crippen molar-refractivity contribution in [3.8, 4) is 0 Å². The minimum Gasteiger partial charge on any atom is -0.370 e. The Balaban J connectivity index is 2.32. The predicted octanol–water partition coefficient (Wildman–Crippen LogP) is 2.17. The first-order valence-corrected chi connectivity index (χ1v) is 6.32. The molecule has 2 rings (SSSR count). The van der Waals surface area contributed by atoms with Gasteiger partial charge in [0, 0.05) is 19.6 Å². The second-order valence-corrected chi connectivity index (χ2v) is 4.83. The quantitative estimate of drug-likeness (QED) is 0.752. The van der Waals surface area contributed by atoms with E-state index in [1.165, 1.54) is 13.0 Å². The summed E-state index contributed by atoms with van der Waals surface area (Å²) in [6.45, 7) is 5.11. The standard InChI is InChI=1S/C14H19FN2O/c1-11(18)14-12(15)5-3-6-13(14)17-8-4-7-16(2)9-10-17/h3,5-6H,4,7-10H2,1-2H3. The maximum atomic E-state index is 13.8. The molecule has 1 aromatic rings. The Morgan fingerprint density at radius 1 is 1.22 bits per heavy atom. The van der Waals surface area contributed by atoms with Crippen molar-refractivity contribution in [2.24, 2.45) is 0 Å². The lowest BCUT2D eigenvalue weighted by atomic mass is 10.1. The van der Waals surface area contributed by atoms with Gasteiger partial charge in [0.05, 0.1) is 11.3 Å². The monoisotopic (exact) mass is 250 g/mol. The van der Waals surface area contributed by atoms with Crippen LogP contribution in [0, 0.1) is 5.82 Å². The fourth-order valence-corrected chi connectivity index (χ4v) is 2.41. The Kier molecular flexibility index (Phi) is 3.97. The van der Waals surface area contributed by atoms with E-state index in [2.05, 4.69) is 16.8 Å². The molecule has 1 aliphatic heterocycles. The number of Topliss-reactive ketones (excluding diaryl/α,β-unsaturated/α-hetero) is 1. The average molecular weight is 250 g/mol. The van der Waals surface area contributed by atoms with Crippen molar-refractivity contribution < 1.29 is 9.18 Å². The number of rotatable bonds is 2. The molecular weight excluding hydrogens is 231 g/mol. The van der Waals surface area contributed by atoms with Crippen LogP contribution in [0.15, 0.2) is 18.2 Å². The molecule has 0 saturated carbocycles. The summed E-state index contributed by atoms with van der Waals surface area (Å²) >= 11 is 0. The van der Waals surface area contributed by atoms with Crippen molar-refractivity contribution in [2.75, 3.05) is 38.1 Å². The molecule has 1 heterocycles. The summed E-state index contributed by atoms with van der Waals surface area (Å²) in [7, 11) is 2.08. The van der Waals surface area contributed by atoms with Gasteiger partial charge in [-0.2, -0.15) is 0 Å². The predicted molar refractivity (Wildman–Crippen MR) is 70.7 cm³/mol. The number of carbonyl (C=O) groups is 1. The molecule has 4 heteroatoms. The highest BCUT2D eigenvalue weighted by Crippen LogP contribution is 2.24. The third-order valence-electron chi connectivity index (χ3n) is 3.40. The first kappa shape index (κ1) is 13.0. The largest absolute Gasteiger partial charge is 0.370 e. The van der Waals surface area contributed by atoms with Crippen LogP contribution in [0.5, 0.6) is 0 Å². The van der Waals surface area contributed by atoms with E-state index in [0.29, 0.717) is 0 Å². The van der Waals surface area contributed by atoms with Crippen LogP contribution in [-0.4, -0.2) is 43.9 Å². The fraction of sp³-hybridized carbons (Fsp3) is 0.500. The number of carbonyl (C=O) groups excluding carboxylic acids is 1. The van der Waals surface area contributed by atoms with Gasteiger partial charge in [-0.05, 0) is 39.1 Å². The summed E-state index contributed by atoms with van der Waals surface area (Å²) in [5, 5.41) is 0. The third-order valence-corrected chi connectivity index (χ3v) is 3.40. The minimum atomic E-state index is -0.419. The zero-order valence-electron chi connectivity index (χ0n) is 10.9. The van der Waals surface area contributed by atoms with Crippen LogP contribution >= 0.6 is 0 Å². The molecule has 1 fully saturated rings. The zero-order chi connectivity index (χ0) is 13.1. The third kappa shape index (κ3) is 2.70. The van der Waals surface area contributed by atoms with Crippen molar-refractivity contribution in [3.05, 3.63) is 29.6 Å². The van der Waals surface area contributed by atoms with Crippen LogP contribution in [0.3, 0.4) is 0 Å². The second-order valence-electron chi connectivity index (χ2n) is 4.83. The Morgan fingerprint density at radius 3 is 2.72 bits per heavy atom. The van der Waals surface area contributed by atoms with Gasteiger partial charge in [0.1, 0.15) is 5.82 Å². The van der Waals surface area contributed by atoms with Gasteiger partial charge < -0.3 is 9.80 Å². The first-order chi connectivity index (χ1) is 8.59. The number of hydrogen-bond acceptors (Lipinski definition) is 3. The average Bonchev–Trinajstić information content (AvgIpc) is 2.53. The second kappa shape index (κ2) is 5.48. The van der Waals surface area contributed by atoms with Crippen LogP contribution in [0.2, 0.25) is 0 Å². The zero-order valence-corrected chi connectivity index (χ0v) is 10.9. The molecule has 1 aliphatic rings. The van der Waals surface area contributed by atoms with Crippen LogP contribution < -0.4 is 4.90 Å². The number of benzene rings is 1. The van der Waals surface area contributed by atoms with E-state index in [1.54, 1.807) is 6.07 Å². The van der Waals surface area contributed by atoms with Crippen molar-refractivity contribution >= 4 is 11.5 Å². The topological polar surface area (TPSA) is 23.6 Å². The lowest BCUT2D eigenvalue weighted by Crippen LogP contribution is -2.30. The molecule has 0 radical (unpaired) electrons. The van der Waals surface area contributed by atoms with Gasteiger partial charge >= 0.3 is 0 Å². The summed E-state index contributed by atoms with van der Waals surface area (Å²) in [5.41, 5.74) is 0.958. The number of anilines is 1. The van der Waals surface area contributed by atoms with Gasteiger partial charge in [0.2, 0.25) is 0 Å². The molecule has 3 nitrogen and oxygen atoms in total. The number of hydrogen-bond donors (Lipinski definition) is 0. The molecule has 0 unspecified atom stereocenters. The van der Waals surface area contributed by atoms with Gasteiger partial charge in [-0.1, -0.05) is 6.07 Å². The van der Waals surface area contributed by atoms with Crippen LogP contribution in [0.4, 0.5) is 10.1 Å². The Bertz CT molecular complexity index is 447. The Labute approximate surface area is 107 Å². The van der Waals surface area contributed by atoms with E-state index in [-0.39, 0.29) is 11.3 Å². The van der Waals surface area contributed by atoms with Crippen LogP contribution in [-0.2, 0) is 0 Å². The Morgan fingerprint density at radius 2 is 2.00 bits per heavy atom. The Hall–Kier alpha value is -1.42. The molecule has 1 saturated heterocycles. The lowest BCUT2D eigenvalue weighted by molar-refractivity contribution is 0.101. The smallest absolute Gasteiger partial charge is 0.164 e. The molecule has 0 aromatic heterocycles. The fourth-order valence-electron chi connectivity index (χ4n) is 2.41. The highest BCUT2D eigenvalue weighted by molar-refractivity contribution is 6.00. The van der Waals surface area contributed by atoms with E-state index in [9.17, 15) is 9.18 Å². The van der Waals surface area contributed by atoms with Gasteiger partial charge in [-0.15, -0.1) is 0 Å². The van der Waals surface area contributed by atoms with Crippen LogP contribution in [0.1, 0.15) is 23.7 Å². The van der Waals surface area contributed by atoms with E-state index in [0.717, 1.165) is 38.3 Å². The highest BCUT2D eigenvalue weighted by atomic mass is 19.1. The molecule has 98 valence electrons. The summed E-state index contributed by atoms with van der Waals surface area (Å²) in [5.74, 6) is -0.627. The summed E-state index contributed by atoms with van der Waals surface area (Å²) in [6, 6.07) is 4.86. The molecule has 0 N–H and O–H groups in total. The summed E-state index contributed by atoms with van der Waals surface area (Å²) < 4.78 is 13.8. The van der Waals surface area contributed by atoms with Gasteiger partial charge in [-0.25, -0.2) is 4.39 Å². The summed E-state index contributed by atoms with van der Waals surface area (Å²) in [6.07, 6.45) is 1.03. The van der Waals surface area contributed by atoms with E-state index < -0.39 is 5.82 Å². The molecule has 0 atom stereocenters. The summed E-state index contributed by atoms with van der Waals surface area (Å²) in [4.78, 5) is 16.0. The first-order valence-electron chi connectivity index (χ1n) is 6.32. The molecule has 18 heavy (non-hydrogen) atoms. The maximum absolute atomic E-state index is 13.8. The van der Waals surface area contributed by atoms with Gasteiger partial charge in [0.15, 0.2) is 5.78 Å². The highest BCUT2D eigenvalue weighted by Gasteiger charge is 2.19. The molecule has 1 aromatic carbocycles. The van der Waals surface area contributed by atoms with E-state index in [4.69, 9.17) is 0 Å². The van der Waals surface area contributed by atoms with Crippen molar-refractivity contribution in [1.82, 2.24) is 4.90 Å². The molecule has 0 bridgehead atoms. The normalized spacial score (nSPS) is 17.6. The van der Waals surface area contributed by atoms with Crippen molar-refractivity contribution in [1.29, 1.82) is 0 Å². The van der Waals surface area contributed by atoms with Crippen LogP contribution in [0.25, 0.3) is 0 Å². The SMILES string of the molecule is CC(=O)c1c(F)cccc1N1CCCN(C)CC1. The molecule has 0 spiro atoms. The van der Waals surface area contributed by atoms with Gasteiger partial charge in [-0.3, -0.25) is 4.79 Å². The number of halogens is 1. The lowest BCUT2D eigenvalue weighted by Gasteiger charge is -2.25. The molecular formula is C14H19FN2O. The minimum absolute atomic E-state index is 0.208. The molecule has 0 aliphatic carbocycles. The van der Waals surface area contributed by atoms with Gasteiger partial charge in [0.25, 0.3) is 0 Å². The maximum Gasteiger partial charge on any atom is 0.164 e. The van der Waals surface area contributed by atoms with E-state index in [1.807, 2.05) is 6.07 Å². The van der Waals surface area contributed by atoms with Crippen molar-refractivity contribution in [3.63, 3.8) is 0 Å². The van der Waals surface area contributed by atoms with Crippen molar-refractivity contribution in [2.45, 2.75) is 13.3 Å².